The number of amides is 1. The van der Waals surface area contributed by atoms with Gasteiger partial charge in [0.15, 0.2) is 0 Å². The van der Waals surface area contributed by atoms with E-state index in [1.165, 1.54) is 4.90 Å². The minimum absolute atomic E-state index is 0.0466. The molecular formula is C14H21NO4. The van der Waals surface area contributed by atoms with Gasteiger partial charge in [-0.05, 0) is 39.7 Å². The summed E-state index contributed by atoms with van der Waals surface area (Å²) >= 11 is 0. The van der Waals surface area contributed by atoms with E-state index in [9.17, 15) is 14.7 Å². The number of fused-ring (bicyclic) bond motifs is 1. The molecule has 0 saturated heterocycles. The fraction of sp³-hybridized carbons (Fsp3) is 0.714. The van der Waals surface area contributed by atoms with Gasteiger partial charge in [-0.15, -0.1) is 0 Å². The van der Waals surface area contributed by atoms with Crippen molar-refractivity contribution in [2.75, 3.05) is 0 Å². The van der Waals surface area contributed by atoms with E-state index in [-0.39, 0.29) is 17.7 Å². The molecule has 0 radical (unpaired) electrons. The second kappa shape index (κ2) is 4.87. The van der Waals surface area contributed by atoms with Crippen molar-refractivity contribution in [3.05, 3.63) is 11.8 Å². The van der Waals surface area contributed by atoms with Crippen LogP contribution in [0.2, 0.25) is 0 Å². The largest absolute Gasteiger partial charge is 0.477 e. The van der Waals surface area contributed by atoms with Crippen LogP contribution in [0.5, 0.6) is 0 Å². The molecule has 0 bridgehead atoms. The lowest BCUT2D eigenvalue weighted by Crippen LogP contribution is -2.44. The summed E-state index contributed by atoms with van der Waals surface area (Å²) in [5.41, 5.74) is -0.542. The third-order valence-electron chi connectivity index (χ3n) is 3.55. The molecule has 1 amide bonds. The minimum Gasteiger partial charge on any atom is -0.477 e. The van der Waals surface area contributed by atoms with Crippen molar-refractivity contribution in [1.82, 2.24) is 4.90 Å². The van der Waals surface area contributed by atoms with E-state index in [1.807, 2.05) is 0 Å². The number of hydrogen-bond donors (Lipinski definition) is 1. The first-order chi connectivity index (χ1) is 8.79. The molecule has 1 saturated carbocycles. The standard InChI is InChI=1S/C14H21NO4/c1-14(2,3)19-13(18)15-10-7-5-4-6-9(10)8-11(15)12(16)17/h8-10H,4-7H2,1-3H3,(H,16,17)/t9-,10-/m1/s1. The van der Waals surface area contributed by atoms with Crippen LogP contribution in [0, 0.1) is 5.92 Å². The third kappa shape index (κ3) is 2.91. The van der Waals surface area contributed by atoms with Crippen LogP contribution in [0.3, 0.4) is 0 Å². The number of hydrogen-bond acceptors (Lipinski definition) is 3. The maximum absolute atomic E-state index is 12.2. The molecular weight excluding hydrogens is 246 g/mol. The summed E-state index contributed by atoms with van der Waals surface area (Å²) < 4.78 is 5.33. The number of rotatable bonds is 1. The maximum Gasteiger partial charge on any atom is 0.415 e. The molecule has 2 rings (SSSR count). The van der Waals surface area contributed by atoms with E-state index >= 15 is 0 Å². The third-order valence-corrected chi connectivity index (χ3v) is 3.55. The molecule has 2 aliphatic rings. The molecule has 1 fully saturated rings. The van der Waals surface area contributed by atoms with E-state index in [4.69, 9.17) is 4.74 Å². The number of carboxylic acid groups (broad SMARTS) is 1. The first kappa shape index (κ1) is 13.9. The Labute approximate surface area is 113 Å². The lowest BCUT2D eigenvalue weighted by Gasteiger charge is -2.33. The van der Waals surface area contributed by atoms with Crippen LogP contribution in [0.4, 0.5) is 4.79 Å². The molecule has 5 heteroatoms. The predicted molar refractivity (Wildman–Crippen MR) is 69.5 cm³/mol. The molecule has 1 aliphatic heterocycles. The van der Waals surface area contributed by atoms with Gasteiger partial charge in [0.1, 0.15) is 11.3 Å². The Bertz CT molecular complexity index is 422. The van der Waals surface area contributed by atoms with Crippen molar-refractivity contribution >= 4 is 12.1 Å². The van der Waals surface area contributed by atoms with Crippen molar-refractivity contribution in [1.29, 1.82) is 0 Å². The van der Waals surface area contributed by atoms with Gasteiger partial charge >= 0.3 is 12.1 Å². The molecule has 5 nitrogen and oxygen atoms in total. The summed E-state index contributed by atoms with van der Waals surface area (Å²) in [7, 11) is 0. The normalized spacial score (nSPS) is 26.7. The van der Waals surface area contributed by atoms with Crippen molar-refractivity contribution < 1.29 is 19.4 Å². The van der Waals surface area contributed by atoms with Crippen molar-refractivity contribution in [3.63, 3.8) is 0 Å². The smallest absolute Gasteiger partial charge is 0.415 e. The van der Waals surface area contributed by atoms with E-state index < -0.39 is 17.7 Å². The number of carbonyl (C=O) groups is 2. The van der Waals surface area contributed by atoms with E-state index in [2.05, 4.69) is 0 Å². The van der Waals surface area contributed by atoms with Crippen molar-refractivity contribution in [3.8, 4) is 0 Å². The van der Waals surface area contributed by atoms with Crippen molar-refractivity contribution in [2.24, 2.45) is 5.92 Å². The molecule has 1 heterocycles. The Kier molecular flexibility index (Phi) is 3.56. The number of ether oxygens (including phenoxy) is 1. The van der Waals surface area contributed by atoms with Crippen LogP contribution in [-0.2, 0) is 9.53 Å². The average molecular weight is 267 g/mol. The summed E-state index contributed by atoms with van der Waals surface area (Å²) in [6.07, 6.45) is 5.08. The van der Waals surface area contributed by atoms with Gasteiger partial charge in [-0.1, -0.05) is 12.8 Å². The van der Waals surface area contributed by atoms with Gasteiger partial charge in [0.05, 0.1) is 0 Å². The second-order valence-electron chi connectivity index (χ2n) is 6.22. The van der Waals surface area contributed by atoms with Gasteiger partial charge in [-0.25, -0.2) is 9.59 Å². The van der Waals surface area contributed by atoms with Crippen LogP contribution in [0.25, 0.3) is 0 Å². The fourth-order valence-corrected chi connectivity index (χ4v) is 2.84. The highest BCUT2D eigenvalue weighted by atomic mass is 16.6. The maximum atomic E-state index is 12.2. The summed E-state index contributed by atoms with van der Waals surface area (Å²) in [6, 6.07) is -0.0466. The molecule has 0 aromatic heterocycles. The second-order valence-corrected chi connectivity index (χ2v) is 6.22. The quantitative estimate of drug-likeness (QED) is 0.793. The van der Waals surface area contributed by atoms with Crippen LogP contribution in [0.1, 0.15) is 46.5 Å². The van der Waals surface area contributed by atoms with Crippen LogP contribution >= 0.6 is 0 Å². The van der Waals surface area contributed by atoms with Crippen LogP contribution in [-0.4, -0.2) is 33.7 Å². The minimum atomic E-state index is -1.06. The van der Waals surface area contributed by atoms with Crippen LogP contribution in [0.15, 0.2) is 11.8 Å². The zero-order chi connectivity index (χ0) is 14.2. The van der Waals surface area contributed by atoms with E-state index in [1.54, 1.807) is 26.8 Å². The summed E-state index contributed by atoms with van der Waals surface area (Å²) in [6.45, 7) is 5.34. The van der Waals surface area contributed by atoms with E-state index in [0.717, 1.165) is 25.7 Å². The van der Waals surface area contributed by atoms with Gasteiger partial charge in [-0.3, -0.25) is 4.90 Å². The first-order valence-corrected chi connectivity index (χ1v) is 6.77. The molecule has 1 aliphatic carbocycles. The molecule has 0 aromatic rings. The SMILES string of the molecule is CC(C)(C)OC(=O)N1C(C(=O)O)=C[C@H]2CCCC[C@H]21. The molecule has 2 atom stereocenters. The highest BCUT2D eigenvalue weighted by Gasteiger charge is 2.43. The molecule has 0 unspecified atom stereocenters. The van der Waals surface area contributed by atoms with Gasteiger partial charge in [0.2, 0.25) is 0 Å². The Morgan fingerprint density at radius 3 is 2.53 bits per heavy atom. The molecule has 0 aromatic carbocycles. The van der Waals surface area contributed by atoms with Gasteiger partial charge in [-0.2, -0.15) is 0 Å². The number of aliphatic carboxylic acids is 1. The van der Waals surface area contributed by atoms with Gasteiger partial charge < -0.3 is 9.84 Å². The van der Waals surface area contributed by atoms with E-state index in [0.29, 0.717) is 0 Å². The van der Waals surface area contributed by atoms with Crippen molar-refractivity contribution in [2.45, 2.75) is 58.1 Å². The number of carboxylic acids is 1. The highest BCUT2D eigenvalue weighted by molar-refractivity contribution is 5.92. The predicted octanol–water partition coefficient (Wildman–Crippen LogP) is 2.76. The Morgan fingerprint density at radius 1 is 1.32 bits per heavy atom. The molecule has 1 N–H and O–H groups in total. The molecule has 106 valence electrons. The molecule has 19 heavy (non-hydrogen) atoms. The zero-order valence-corrected chi connectivity index (χ0v) is 11.7. The number of carbonyl (C=O) groups excluding carboxylic acids is 1. The monoisotopic (exact) mass is 267 g/mol. The summed E-state index contributed by atoms with van der Waals surface area (Å²) in [5, 5.41) is 9.26. The van der Waals surface area contributed by atoms with Crippen LogP contribution < -0.4 is 0 Å². The Morgan fingerprint density at radius 2 is 1.95 bits per heavy atom. The Balaban J connectivity index is 2.22. The van der Waals surface area contributed by atoms with Gasteiger partial charge in [0, 0.05) is 12.0 Å². The Hall–Kier alpha value is -1.52. The number of nitrogens with zero attached hydrogens (tertiary/aromatic N) is 1. The van der Waals surface area contributed by atoms with Gasteiger partial charge in [0.25, 0.3) is 0 Å². The average Bonchev–Trinajstić information content (AvgIpc) is 2.65. The molecule has 0 spiro atoms. The lowest BCUT2D eigenvalue weighted by molar-refractivity contribution is -0.134. The highest BCUT2D eigenvalue weighted by Crippen LogP contribution is 2.38. The summed E-state index contributed by atoms with van der Waals surface area (Å²) in [4.78, 5) is 24.9. The lowest BCUT2D eigenvalue weighted by atomic mass is 9.86. The topological polar surface area (TPSA) is 66.8 Å². The summed E-state index contributed by atoms with van der Waals surface area (Å²) in [5.74, 6) is -0.896. The first-order valence-electron chi connectivity index (χ1n) is 6.77. The zero-order valence-electron chi connectivity index (χ0n) is 11.7. The fourth-order valence-electron chi connectivity index (χ4n) is 2.84.